The number of nitrogens with two attached hydrogens (primary N) is 1. The average molecular weight is 386 g/mol. The molecule has 0 spiro atoms. The van der Waals surface area contributed by atoms with Gasteiger partial charge in [0.15, 0.2) is 5.78 Å². The van der Waals surface area contributed by atoms with Gasteiger partial charge in [0, 0.05) is 23.4 Å². The number of ether oxygens (including phenoxy) is 1. The second kappa shape index (κ2) is 8.86. The quantitative estimate of drug-likeness (QED) is 0.447. The Hall–Kier alpha value is -2.90. The number of nitrogen functional groups attached to an aromatic ring is 1. The Morgan fingerprint density at radius 2 is 1.75 bits per heavy atom. The summed E-state index contributed by atoms with van der Waals surface area (Å²) >= 11 is 0. The Kier molecular flexibility index (Phi) is 6.77. The van der Waals surface area contributed by atoms with Crippen LogP contribution in [0.15, 0.2) is 48.5 Å². The fraction of sp³-hybridized carbons (Fsp3) is 0.333. The van der Waals surface area contributed by atoms with Crippen molar-refractivity contribution in [3.63, 3.8) is 0 Å². The zero-order chi connectivity index (χ0) is 20.9. The Balaban J connectivity index is 2.10. The van der Waals surface area contributed by atoms with E-state index in [4.69, 9.17) is 10.5 Å². The lowest BCUT2D eigenvalue weighted by molar-refractivity contribution is 0.0129. The molecular weight excluding hydrogens is 360 g/mol. The SMILES string of the molecule is CC(C)(C)OC(=O)NCC(O)C(O)c1ccc(N)c(C(=O)c2ccccc2)c1. The number of anilines is 1. The van der Waals surface area contributed by atoms with E-state index in [1.165, 1.54) is 18.2 Å². The molecule has 2 aromatic rings. The zero-order valence-electron chi connectivity index (χ0n) is 16.2. The molecule has 0 aliphatic rings. The summed E-state index contributed by atoms with van der Waals surface area (Å²) in [5.41, 5.74) is 6.53. The van der Waals surface area contributed by atoms with Crippen molar-refractivity contribution in [1.29, 1.82) is 0 Å². The number of nitrogens with one attached hydrogen (secondary N) is 1. The van der Waals surface area contributed by atoms with Gasteiger partial charge in [0.2, 0.25) is 0 Å². The van der Waals surface area contributed by atoms with E-state index in [9.17, 15) is 19.8 Å². The van der Waals surface area contributed by atoms with Gasteiger partial charge >= 0.3 is 6.09 Å². The van der Waals surface area contributed by atoms with Gasteiger partial charge in [-0.05, 0) is 38.5 Å². The Morgan fingerprint density at radius 1 is 1.11 bits per heavy atom. The van der Waals surface area contributed by atoms with E-state index in [0.29, 0.717) is 11.1 Å². The standard InChI is InChI=1S/C21H26N2O5/c1-21(2,3)28-20(27)23-12-17(24)19(26)14-9-10-16(22)15(11-14)18(25)13-7-5-4-6-8-13/h4-11,17,19,24,26H,12,22H2,1-3H3,(H,23,27). The molecule has 7 nitrogen and oxygen atoms in total. The molecule has 0 saturated carbocycles. The number of aliphatic hydroxyl groups is 2. The molecule has 7 heteroatoms. The summed E-state index contributed by atoms with van der Waals surface area (Å²) in [6, 6.07) is 13.1. The number of benzene rings is 2. The molecule has 0 fully saturated rings. The van der Waals surface area contributed by atoms with Gasteiger partial charge in [0.1, 0.15) is 17.8 Å². The molecule has 2 atom stereocenters. The van der Waals surface area contributed by atoms with Crippen molar-refractivity contribution in [2.24, 2.45) is 0 Å². The lowest BCUT2D eigenvalue weighted by Crippen LogP contribution is -2.38. The first-order chi connectivity index (χ1) is 13.1. The van der Waals surface area contributed by atoms with Crippen LogP contribution in [0.5, 0.6) is 0 Å². The summed E-state index contributed by atoms with van der Waals surface area (Å²) < 4.78 is 5.08. The van der Waals surface area contributed by atoms with E-state index in [1.54, 1.807) is 51.1 Å². The Bertz CT molecular complexity index is 830. The number of alkyl carbamates (subject to hydrolysis) is 1. The molecular formula is C21H26N2O5. The number of rotatable bonds is 6. The highest BCUT2D eigenvalue weighted by atomic mass is 16.6. The van der Waals surface area contributed by atoms with E-state index >= 15 is 0 Å². The number of amides is 1. The lowest BCUT2D eigenvalue weighted by atomic mass is 9.96. The van der Waals surface area contributed by atoms with Gasteiger partial charge < -0.3 is 26.0 Å². The van der Waals surface area contributed by atoms with Gasteiger partial charge in [-0.1, -0.05) is 36.4 Å². The molecule has 0 bridgehead atoms. The summed E-state index contributed by atoms with van der Waals surface area (Å²) in [5.74, 6) is -0.284. The number of ketones is 1. The maximum Gasteiger partial charge on any atom is 0.407 e. The molecule has 2 rings (SSSR count). The van der Waals surface area contributed by atoms with Crippen molar-refractivity contribution in [3.8, 4) is 0 Å². The van der Waals surface area contributed by atoms with Crippen molar-refractivity contribution >= 4 is 17.6 Å². The van der Waals surface area contributed by atoms with Gasteiger partial charge in [-0.2, -0.15) is 0 Å². The number of carbonyl (C=O) groups is 2. The Labute approximate surface area is 164 Å². The molecule has 0 saturated heterocycles. The monoisotopic (exact) mass is 386 g/mol. The highest BCUT2D eigenvalue weighted by Crippen LogP contribution is 2.24. The topological polar surface area (TPSA) is 122 Å². The molecule has 2 unspecified atom stereocenters. The maximum absolute atomic E-state index is 12.7. The van der Waals surface area contributed by atoms with Crippen LogP contribution < -0.4 is 11.1 Å². The van der Waals surface area contributed by atoms with Gasteiger partial charge in [-0.15, -0.1) is 0 Å². The third kappa shape index (κ3) is 5.80. The smallest absolute Gasteiger partial charge is 0.407 e. The van der Waals surface area contributed by atoms with Crippen LogP contribution in [0.4, 0.5) is 10.5 Å². The van der Waals surface area contributed by atoms with Crippen LogP contribution in [0.1, 0.15) is 48.4 Å². The lowest BCUT2D eigenvalue weighted by Gasteiger charge is -2.22. The van der Waals surface area contributed by atoms with Crippen LogP contribution in [0.25, 0.3) is 0 Å². The first-order valence-corrected chi connectivity index (χ1v) is 8.90. The predicted molar refractivity (Wildman–Crippen MR) is 106 cm³/mol. The van der Waals surface area contributed by atoms with Gasteiger partial charge in [0.25, 0.3) is 0 Å². The summed E-state index contributed by atoms with van der Waals surface area (Å²) in [5, 5.41) is 23.0. The van der Waals surface area contributed by atoms with Gasteiger partial charge in [0.05, 0.1) is 0 Å². The highest BCUT2D eigenvalue weighted by molar-refractivity contribution is 6.12. The molecule has 0 radical (unpaired) electrons. The summed E-state index contributed by atoms with van der Waals surface area (Å²) in [6.45, 7) is 4.94. The first-order valence-electron chi connectivity index (χ1n) is 8.90. The maximum atomic E-state index is 12.7. The summed E-state index contributed by atoms with van der Waals surface area (Å²) in [6.07, 6.45) is -3.32. The number of aliphatic hydroxyl groups excluding tert-OH is 2. The molecule has 0 aliphatic carbocycles. The Morgan fingerprint density at radius 3 is 2.36 bits per heavy atom. The van der Waals surface area contributed by atoms with E-state index < -0.39 is 23.9 Å². The van der Waals surface area contributed by atoms with Crippen LogP contribution in [0, 0.1) is 0 Å². The average Bonchev–Trinajstić information content (AvgIpc) is 2.64. The van der Waals surface area contributed by atoms with Crippen molar-refractivity contribution < 1.29 is 24.5 Å². The van der Waals surface area contributed by atoms with Crippen molar-refractivity contribution in [1.82, 2.24) is 5.32 Å². The zero-order valence-corrected chi connectivity index (χ0v) is 16.2. The first kappa shape index (κ1) is 21.4. The minimum Gasteiger partial charge on any atom is -0.444 e. The molecule has 150 valence electrons. The second-order valence-electron chi connectivity index (χ2n) is 7.44. The van der Waals surface area contributed by atoms with Crippen LogP contribution in [-0.2, 0) is 4.74 Å². The number of carbonyl (C=O) groups excluding carboxylic acids is 2. The fourth-order valence-corrected chi connectivity index (χ4v) is 2.54. The molecule has 5 N–H and O–H groups in total. The third-order valence-corrected chi connectivity index (χ3v) is 3.92. The second-order valence-corrected chi connectivity index (χ2v) is 7.44. The summed E-state index contributed by atoms with van der Waals surface area (Å²) in [4.78, 5) is 24.3. The van der Waals surface area contributed by atoms with Crippen LogP contribution in [0.2, 0.25) is 0 Å². The molecule has 0 heterocycles. The fourth-order valence-electron chi connectivity index (χ4n) is 2.54. The minimum atomic E-state index is -1.32. The van der Waals surface area contributed by atoms with Crippen LogP contribution in [0.3, 0.4) is 0 Å². The number of hydrogen-bond donors (Lipinski definition) is 4. The van der Waals surface area contributed by atoms with E-state index in [2.05, 4.69) is 5.32 Å². The van der Waals surface area contributed by atoms with E-state index in [1.807, 2.05) is 0 Å². The predicted octanol–water partition coefficient (Wildman–Crippen LogP) is 2.42. The van der Waals surface area contributed by atoms with Crippen LogP contribution >= 0.6 is 0 Å². The molecule has 0 aliphatic heterocycles. The molecule has 2 aromatic carbocycles. The third-order valence-electron chi connectivity index (χ3n) is 3.92. The molecule has 1 amide bonds. The van der Waals surface area contributed by atoms with Gasteiger partial charge in [-0.25, -0.2) is 4.79 Å². The molecule has 28 heavy (non-hydrogen) atoms. The van der Waals surface area contributed by atoms with E-state index in [0.717, 1.165) is 0 Å². The largest absolute Gasteiger partial charge is 0.444 e. The minimum absolute atomic E-state index is 0.220. The van der Waals surface area contributed by atoms with Crippen LogP contribution in [-0.4, -0.2) is 40.3 Å². The van der Waals surface area contributed by atoms with Crippen molar-refractivity contribution in [2.45, 2.75) is 38.6 Å². The van der Waals surface area contributed by atoms with E-state index in [-0.39, 0.29) is 23.6 Å². The van der Waals surface area contributed by atoms with Crippen molar-refractivity contribution in [3.05, 3.63) is 65.2 Å². The number of hydrogen-bond acceptors (Lipinski definition) is 6. The van der Waals surface area contributed by atoms with Gasteiger partial charge in [-0.3, -0.25) is 4.79 Å². The summed E-state index contributed by atoms with van der Waals surface area (Å²) in [7, 11) is 0. The molecule has 0 aromatic heterocycles. The van der Waals surface area contributed by atoms with Crippen molar-refractivity contribution in [2.75, 3.05) is 12.3 Å². The highest BCUT2D eigenvalue weighted by Gasteiger charge is 2.23. The normalized spacial score (nSPS) is 13.5.